The van der Waals surface area contributed by atoms with Crippen LogP contribution >= 0.6 is 0 Å². The number of ether oxygens (including phenoxy) is 1. The van der Waals surface area contributed by atoms with Gasteiger partial charge in [-0.05, 0) is 24.1 Å². The monoisotopic (exact) mass is 465 g/mol. The molecule has 2 aromatic heterocycles. The number of fused-ring (bicyclic) bond motifs is 1. The Balaban J connectivity index is 1.59. The maximum Gasteiger partial charge on any atom is 0.238 e. The Morgan fingerprint density at radius 2 is 1.88 bits per heavy atom. The van der Waals surface area contributed by atoms with Gasteiger partial charge in [0.2, 0.25) is 16.0 Å². The van der Waals surface area contributed by atoms with Crippen molar-refractivity contribution in [3.05, 3.63) is 36.2 Å². The van der Waals surface area contributed by atoms with Gasteiger partial charge in [-0.1, -0.05) is 12.1 Å². The molecule has 1 aromatic carbocycles. The van der Waals surface area contributed by atoms with E-state index in [0.717, 1.165) is 5.56 Å². The first-order valence-electron chi connectivity index (χ1n) is 9.67. The summed E-state index contributed by atoms with van der Waals surface area (Å²) in [7, 11) is -3.76. The van der Waals surface area contributed by atoms with Crippen LogP contribution in [0.15, 0.2) is 35.5 Å². The van der Waals surface area contributed by atoms with Crippen molar-refractivity contribution in [1.82, 2.24) is 19.5 Å². The van der Waals surface area contributed by atoms with Gasteiger partial charge in [0.25, 0.3) is 0 Å². The average Bonchev–Trinajstić information content (AvgIpc) is 3.26. The van der Waals surface area contributed by atoms with Gasteiger partial charge in [0.15, 0.2) is 23.2 Å². The standard InChI is InChI=1S/C18H23N7O6S/c19-15-12-16(23-8-22-15)25(17-14(28)13(27)11(7-26)31-17)18(24-12)21-6-5-9-1-3-10(4-2-9)32(20,29)30/h1-4,8,11,13-14,17,26-28H,5-7H2,(H,21,24)(H2,19,22,23)(H2,20,29,30)/t11?,13-,14-,17-/m1/s1. The second kappa shape index (κ2) is 8.57. The van der Waals surface area contributed by atoms with E-state index < -0.39 is 41.2 Å². The molecule has 0 bridgehead atoms. The number of aliphatic hydroxyl groups is 3. The molecule has 0 amide bonds. The van der Waals surface area contributed by atoms with E-state index in [1.165, 1.54) is 23.0 Å². The molecule has 4 atom stereocenters. The highest BCUT2D eigenvalue weighted by Crippen LogP contribution is 2.35. The smallest absolute Gasteiger partial charge is 0.238 e. The Hall–Kier alpha value is -2.88. The Morgan fingerprint density at radius 3 is 2.50 bits per heavy atom. The van der Waals surface area contributed by atoms with Crippen molar-refractivity contribution in [3.63, 3.8) is 0 Å². The first-order valence-corrected chi connectivity index (χ1v) is 11.2. The molecule has 4 rings (SSSR count). The summed E-state index contributed by atoms with van der Waals surface area (Å²) >= 11 is 0. The summed E-state index contributed by atoms with van der Waals surface area (Å²) in [5.41, 5.74) is 7.33. The number of rotatable bonds is 7. The first-order chi connectivity index (χ1) is 15.2. The highest BCUT2D eigenvalue weighted by Gasteiger charge is 2.45. The van der Waals surface area contributed by atoms with Gasteiger partial charge in [-0.25, -0.2) is 28.5 Å². The van der Waals surface area contributed by atoms with Crippen LogP contribution in [-0.2, 0) is 21.2 Å². The van der Waals surface area contributed by atoms with E-state index in [4.69, 9.17) is 15.6 Å². The summed E-state index contributed by atoms with van der Waals surface area (Å²) < 4.78 is 29.9. The number of benzene rings is 1. The summed E-state index contributed by atoms with van der Waals surface area (Å²) in [5, 5.41) is 38.3. The molecule has 13 nitrogen and oxygen atoms in total. The van der Waals surface area contributed by atoms with Crippen molar-refractivity contribution >= 4 is 33.0 Å². The quantitative estimate of drug-likeness (QED) is 0.232. The molecular weight excluding hydrogens is 442 g/mol. The highest BCUT2D eigenvalue weighted by atomic mass is 32.2. The summed E-state index contributed by atoms with van der Waals surface area (Å²) in [6, 6.07) is 6.16. The van der Waals surface area contributed by atoms with Crippen molar-refractivity contribution in [3.8, 4) is 0 Å². The minimum atomic E-state index is -3.76. The normalized spacial score (nSPS) is 23.6. The molecule has 3 aromatic rings. The number of anilines is 2. The fourth-order valence-electron chi connectivity index (χ4n) is 3.55. The van der Waals surface area contributed by atoms with Crippen LogP contribution in [0.2, 0.25) is 0 Å². The molecule has 3 heterocycles. The molecule has 1 fully saturated rings. The predicted molar refractivity (Wildman–Crippen MR) is 113 cm³/mol. The zero-order chi connectivity index (χ0) is 23.0. The minimum Gasteiger partial charge on any atom is -0.394 e. The maximum atomic E-state index is 11.4. The van der Waals surface area contributed by atoms with E-state index in [-0.39, 0.29) is 27.8 Å². The number of aliphatic hydroxyl groups excluding tert-OH is 3. The number of nitrogen functional groups attached to an aromatic ring is 1. The number of imidazole rings is 1. The van der Waals surface area contributed by atoms with Gasteiger partial charge in [-0.2, -0.15) is 0 Å². The van der Waals surface area contributed by atoms with Crippen LogP contribution < -0.4 is 16.2 Å². The van der Waals surface area contributed by atoms with Crippen LogP contribution in [-0.4, -0.2) is 74.7 Å². The van der Waals surface area contributed by atoms with Gasteiger partial charge >= 0.3 is 0 Å². The lowest BCUT2D eigenvalue weighted by Gasteiger charge is -2.19. The van der Waals surface area contributed by atoms with Gasteiger partial charge in [-0.15, -0.1) is 0 Å². The number of nitrogens with two attached hydrogens (primary N) is 2. The fraction of sp³-hybridized carbons (Fsp3) is 0.389. The van der Waals surface area contributed by atoms with Crippen LogP contribution in [0.3, 0.4) is 0 Å². The molecule has 1 aliphatic heterocycles. The summed E-state index contributed by atoms with van der Waals surface area (Å²) in [4.78, 5) is 12.5. The Kier molecular flexibility index (Phi) is 5.98. The molecule has 1 saturated heterocycles. The number of primary sulfonamides is 1. The number of hydrogen-bond donors (Lipinski definition) is 6. The highest BCUT2D eigenvalue weighted by molar-refractivity contribution is 7.89. The van der Waals surface area contributed by atoms with Crippen LogP contribution in [0.5, 0.6) is 0 Å². The maximum absolute atomic E-state index is 11.4. The van der Waals surface area contributed by atoms with Crippen molar-refractivity contribution in [2.45, 2.75) is 35.9 Å². The van der Waals surface area contributed by atoms with Gasteiger partial charge in [-0.3, -0.25) is 4.57 Å². The number of sulfonamides is 1. The van der Waals surface area contributed by atoms with Crippen molar-refractivity contribution in [2.24, 2.45) is 5.14 Å². The number of nitrogens with one attached hydrogen (secondary N) is 1. The van der Waals surface area contributed by atoms with Gasteiger partial charge in [0.1, 0.15) is 24.6 Å². The molecule has 0 saturated carbocycles. The molecule has 172 valence electrons. The van der Waals surface area contributed by atoms with E-state index in [0.29, 0.717) is 13.0 Å². The van der Waals surface area contributed by atoms with E-state index in [9.17, 15) is 23.7 Å². The Morgan fingerprint density at radius 1 is 1.16 bits per heavy atom. The third kappa shape index (κ3) is 4.11. The number of hydrogen-bond acceptors (Lipinski definition) is 11. The number of aromatic nitrogens is 4. The second-order valence-electron chi connectivity index (χ2n) is 7.33. The second-order valence-corrected chi connectivity index (χ2v) is 8.89. The molecule has 32 heavy (non-hydrogen) atoms. The van der Waals surface area contributed by atoms with Gasteiger partial charge < -0.3 is 31.1 Å². The topological polar surface area (TPSA) is 212 Å². The molecule has 0 radical (unpaired) electrons. The largest absolute Gasteiger partial charge is 0.394 e. The third-order valence-corrected chi connectivity index (χ3v) is 6.15. The summed E-state index contributed by atoms with van der Waals surface area (Å²) in [6.45, 7) is -0.101. The molecule has 14 heteroatoms. The van der Waals surface area contributed by atoms with E-state index in [1.54, 1.807) is 12.1 Å². The Bertz CT molecular complexity index is 1220. The zero-order valence-electron chi connectivity index (χ0n) is 16.7. The van der Waals surface area contributed by atoms with E-state index in [1.807, 2.05) is 0 Å². The van der Waals surface area contributed by atoms with E-state index in [2.05, 4.69) is 20.3 Å². The van der Waals surface area contributed by atoms with Gasteiger partial charge in [0, 0.05) is 6.54 Å². The van der Waals surface area contributed by atoms with Crippen molar-refractivity contribution < 1.29 is 28.5 Å². The van der Waals surface area contributed by atoms with Crippen LogP contribution in [0.4, 0.5) is 11.8 Å². The lowest BCUT2D eigenvalue weighted by Crippen LogP contribution is -2.33. The average molecular weight is 465 g/mol. The third-order valence-electron chi connectivity index (χ3n) is 5.23. The van der Waals surface area contributed by atoms with Gasteiger partial charge in [0.05, 0.1) is 11.5 Å². The van der Waals surface area contributed by atoms with Crippen LogP contribution in [0.1, 0.15) is 11.8 Å². The lowest BCUT2D eigenvalue weighted by molar-refractivity contribution is -0.0501. The lowest BCUT2D eigenvalue weighted by atomic mass is 10.1. The zero-order valence-corrected chi connectivity index (χ0v) is 17.6. The minimum absolute atomic E-state index is 0.0226. The molecular formula is C18H23N7O6S. The summed E-state index contributed by atoms with van der Waals surface area (Å²) in [6.07, 6.45) is -2.94. The molecule has 1 aliphatic rings. The van der Waals surface area contributed by atoms with Crippen molar-refractivity contribution in [1.29, 1.82) is 0 Å². The first kappa shape index (κ1) is 22.3. The fourth-order valence-corrected chi connectivity index (χ4v) is 4.07. The molecule has 0 spiro atoms. The van der Waals surface area contributed by atoms with Crippen LogP contribution in [0.25, 0.3) is 11.2 Å². The van der Waals surface area contributed by atoms with Crippen molar-refractivity contribution in [2.75, 3.05) is 24.2 Å². The number of nitrogens with zero attached hydrogens (tertiary/aromatic N) is 4. The molecule has 8 N–H and O–H groups in total. The molecule has 1 unspecified atom stereocenters. The Labute approximate surface area is 182 Å². The van der Waals surface area contributed by atoms with Crippen LogP contribution in [0, 0.1) is 0 Å². The SMILES string of the molecule is Nc1ncnc2c1nc(NCCc1ccc(S(N)(=O)=O)cc1)n2[C@@H]1OC(CO)[C@@H](O)[C@H]1O. The van der Waals surface area contributed by atoms with E-state index >= 15 is 0 Å². The summed E-state index contributed by atoms with van der Waals surface area (Å²) in [5.74, 6) is 0.394. The molecule has 0 aliphatic carbocycles. The predicted octanol–water partition coefficient (Wildman–Crippen LogP) is -1.68.